The lowest BCUT2D eigenvalue weighted by molar-refractivity contribution is -0.274. The van der Waals surface area contributed by atoms with Crippen LogP contribution in [0, 0.1) is 5.92 Å². The van der Waals surface area contributed by atoms with Gasteiger partial charge in [-0.15, -0.1) is 13.2 Å². The number of ether oxygens (including phenoxy) is 1. The molecule has 2 fully saturated rings. The molecule has 0 aliphatic carbocycles. The number of hydrogen-bond acceptors (Lipinski definition) is 3. The van der Waals surface area contributed by atoms with Crippen LogP contribution in [0.5, 0.6) is 5.75 Å². The molecule has 27 heavy (non-hydrogen) atoms. The van der Waals surface area contributed by atoms with Crippen LogP contribution in [0.1, 0.15) is 25.7 Å². The van der Waals surface area contributed by atoms with Crippen LogP contribution in [-0.4, -0.2) is 54.3 Å². The highest BCUT2D eigenvalue weighted by Crippen LogP contribution is 2.25. The molecule has 148 valence electrons. The van der Waals surface area contributed by atoms with Crippen molar-refractivity contribution in [1.29, 1.82) is 0 Å². The number of anilines is 1. The zero-order valence-electron chi connectivity index (χ0n) is 14.8. The lowest BCUT2D eigenvalue weighted by Gasteiger charge is -2.34. The largest absolute Gasteiger partial charge is 0.573 e. The summed E-state index contributed by atoms with van der Waals surface area (Å²) in [6, 6.07) is 5.09. The fourth-order valence-corrected chi connectivity index (χ4v) is 3.43. The zero-order valence-corrected chi connectivity index (χ0v) is 14.8. The number of carbonyl (C=O) groups excluding carboxylic acids is 2. The Labute approximate surface area is 155 Å². The zero-order chi connectivity index (χ0) is 19.4. The van der Waals surface area contributed by atoms with Gasteiger partial charge in [0.05, 0.1) is 0 Å². The van der Waals surface area contributed by atoms with E-state index in [1.54, 1.807) is 4.90 Å². The molecule has 3 amide bonds. The molecule has 2 saturated heterocycles. The van der Waals surface area contributed by atoms with Gasteiger partial charge < -0.3 is 19.9 Å². The molecule has 0 aromatic heterocycles. The van der Waals surface area contributed by atoms with Gasteiger partial charge in [-0.1, -0.05) is 0 Å². The molecule has 2 heterocycles. The van der Waals surface area contributed by atoms with Crippen LogP contribution >= 0.6 is 0 Å². The molecular formula is C18H22F3N3O3. The number of urea groups is 1. The topological polar surface area (TPSA) is 61.9 Å². The average molecular weight is 385 g/mol. The molecule has 1 aromatic rings. The van der Waals surface area contributed by atoms with Gasteiger partial charge in [-0.25, -0.2) is 4.79 Å². The van der Waals surface area contributed by atoms with E-state index < -0.39 is 6.36 Å². The first-order valence-corrected chi connectivity index (χ1v) is 9.02. The number of likely N-dealkylation sites (tertiary alicyclic amines) is 2. The molecule has 0 atom stereocenters. The molecule has 0 unspecified atom stereocenters. The third kappa shape index (κ3) is 5.27. The predicted molar refractivity (Wildman–Crippen MR) is 92.3 cm³/mol. The highest BCUT2D eigenvalue weighted by atomic mass is 19.4. The Morgan fingerprint density at radius 1 is 0.963 bits per heavy atom. The summed E-state index contributed by atoms with van der Waals surface area (Å²) in [6.45, 7) is 2.66. The van der Waals surface area contributed by atoms with Crippen molar-refractivity contribution < 1.29 is 27.5 Å². The van der Waals surface area contributed by atoms with Crippen molar-refractivity contribution in [1.82, 2.24) is 9.80 Å². The number of alkyl halides is 3. The van der Waals surface area contributed by atoms with Crippen LogP contribution < -0.4 is 10.1 Å². The summed E-state index contributed by atoms with van der Waals surface area (Å²) in [5.74, 6) is -0.749. The number of halogens is 3. The van der Waals surface area contributed by atoms with Gasteiger partial charge in [0.2, 0.25) is 5.91 Å². The van der Waals surface area contributed by atoms with Gasteiger partial charge in [-0.2, -0.15) is 0 Å². The summed E-state index contributed by atoms with van der Waals surface area (Å²) >= 11 is 0. The number of nitrogens with zero attached hydrogens (tertiary/aromatic N) is 2. The molecule has 9 heteroatoms. The van der Waals surface area contributed by atoms with Crippen molar-refractivity contribution in [3.8, 4) is 5.75 Å². The fourth-order valence-electron chi connectivity index (χ4n) is 3.43. The lowest BCUT2D eigenvalue weighted by Crippen LogP contribution is -2.47. The number of carbonyl (C=O) groups is 2. The minimum atomic E-state index is -4.74. The molecule has 0 bridgehead atoms. The minimum absolute atomic E-state index is 0.0478. The molecule has 3 rings (SSSR count). The summed E-state index contributed by atoms with van der Waals surface area (Å²) in [7, 11) is 0. The van der Waals surface area contributed by atoms with Crippen LogP contribution in [0.3, 0.4) is 0 Å². The number of rotatable bonds is 3. The predicted octanol–water partition coefficient (Wildman–Crippen LogP) is 3.45. The van der Waals surface area contributed by atoms with Gasteiger partial charge in [0.25, 0.3) is 0 Å². The number of nitrogens with one attached hydrogen (secondary N) is 1. The molecule has 6 nitrogen and oxygen atoms in total. The first-order chi connectivity index (χ1) is 12.8. The highest BCUT2D eigenvalue weighted by molar-refractivity contribution is 5.92. The fraction of sp³-hybridized carbons (Fsp3) is 0.556. The van der Waals surface area contributed by atoms with Crippen molar-refractivity contribution in [2.75, 3.05) is 31.5 Å². The second-order valence-electron chi connectivity index (χ2n) is 6.80. The quantitative estimate of drug-likeness (QED) is 0.867. The highest BCUT2D eigenvalue weighted by Gasteiger charge is 2.32. The van der Waals surface area contributed by atoms with Crippen molar-refractivity contribution >= 4 is 17.6 Å². The molecule has 0 saturated carbocycles. The van der Waals surface area contributed by atoms with Crippen molar-refractivity contribution in [2.24, 2.45) is 5.92 Å². The molecule has 0 spiro atoms. The molecule has 1 aromatic carbocycles. The third-order valence-electron chi connectivity index (χ3n) is 4.87. The number of benzene rings is 1. The molecule has 0 radical (unpaired) electrons. The Balaban J connectivity index is 1.47. The van der Waals surface area contributed by atoms with Crippen LogP contribution in [0.2, 0.25) is 0 Å². The first kappa shape index (κ1) is 19.3. The lowest BCUT2D eigenvalue weighted by atomic mass is 9.96. The number of amides is 3. The van der Waals surface area contributed by atoms with Crippen LogP contribution in [-0.2, 0) is 4.79 Å². The van der Waals surface area contributed by atoms with Crippen molar-refractivity contribution in [2.45, 2.75) is 32.0 Å². The maximum Gasteiger partial charge on any atom is 0.573 e. The molecule has 2 aliphatic heterocycles. The molecule has 2 aliphatic rings. The summed E-state index contributed by atoms with van der Waals surface area (Å²) in [6.07, 6.45) is -1.53. The van der Waals surface area contributed by atoms with Gasteiger partial charge in [0.15, 0.2) is 0 Å². The van der Waals surface area contributed by atoms with E-state index in [0.717, 1.165) is 38.1 Å². The Morgan fingerprint density at radius 2 is 1.52 bits per heavy atom. The Hall–Kier alpha value is -2.45. The van der Waals surface area contributed by atoms with Gasteiger partial charge in [-0.05, 0) is 49.9 Å². The average Bonchev–Trinajstić information content (AvgIpc) is 3.16. The van der Waals surface area contributed by atoms with E-state index >= 15 is 0 Å². The van der Waals surface area contributed by atoms with Crippen molar-refractivity contribution in [3.05, 3.63) is 24.3 Å². The summed E-state index contributed by atoms with van der Waals surface area (Å²) in [5.41, 5.74) is 0.407. The number of hydrogen-bond donors (Lipinski definition) is 1. The third-order valence-corrected chi connectivity index (χ3v) is 4.87. The normalized spacial score (nSPS) is 18.5. The van der Waals surface area contributed by atoms with Gasteiger partial charge >= 0.3 is 12.4 Å². The van der Waals surface area contributed by atoms with Crippen LogP contribution in [0.15, 0.2) is 24.3 Å². The monoisotopic (exact) mass is 385 g/mol. The van der Waals surface area contributed by atoms with Gasteiger partial charge in [-0.3, -0.25) is 4.79 Å². The Kier molecular flexibility index (Phi) is 5.76. The van der Waals surface area contributed by atoms with E-state index in [2.05, 4.69) is 10.1 Å². The van der Waals surface area contributed by atoms with E-state index in [-0.39, 0.29) is 23.6 Å². The summed E-state index contributed by atoms with van der Waals surface area (Å²) < 4.78 is 40.3. The Bertz CT molecular complexity index is 665. The maximum absolute atomic E-state index is 12.4. The summed E-state index contributed by atoms with van der Waals surface area (Å²) in [5, 5.41) is 2.71. The SMILES string of the molecule is O=C(Nc1ccc(OC(F)(F)F)cc1)C1CCN(C(=O)N2CCCC2)CC1. The first-order valence-electron chi connectivity index (χ1n) is 9.02. The minimum Gasteiger partial charge on any atom is -0.406 e. The standard InChI is InChI=1S/C18H22F3N3O3/c19-18(20,21)27-15-5-3-14(4-6-15)22-16(25)13-7-11-24(12-8-13)17(26)23-9-1-2-10-23/h3-6,13H,1-2,7-12H2,(H,22,25). The second-order valence-corrected chi connectivity index (χ2v) is 6.80. The van der Waals surface area contributed by atoms with Crippen molar-refractivity contribution in [3.63, 3.8) is 0 Å². The van der Waals surface area contributed by atoms with E-state index in [4.69, 9.17) is 0 Å². The van der Waals surface area contributed by atoms with E-state index in [1.165, 1.54) is 12.1 Å². The molecule has 1 N–H and O–H groups in total. The van der Waals surface area contributed by atoms with E-state index in [9.17, 15) is 22.8 Å². The van der Waals surface area contributed by atoms with Gasteiger partial charge in [0.1, 0.15) is 5.75 Å². The molecular weight excluding hydrogens is 363 g/mol. The van der Waals surface area contributed by atoms with E-state index in [1.807, 2.05) is 4.90 Å². The van der Waals surface area contributed by atoms with Gasteiger partial charge in [0, 0.05) is 37.8 Å². The number of piperidine rings is 1. The van der Waals surface area contributed by atoms with Crippen LogP contribution in [0.25, 0.3) is 0 Å². The Morgan fingerprint density at radius 3 is 2.07 bits per heavy atom. The van der Waals surface area contributed by atoms with E-state index in [0.29, 0.717) is 31.6 Å². The summed E-state index contributed by atoms with van der Waals surface area (Å²) in [4.78, 5) is 28.4. The second kappa shape index (κ2) is 8.06. The smallest absolute Gasteiger partial charge is 0.406 e. The maximum atomic E-state index is 12.4. The van der Waals surface area contributed by atoms with Crippen LogP contribution in [0.4, 0.5) is 23.7 Å².